The second-order valence-electron chi connectivity index (χ2n) is 9.97. The highest BCUT2D eigenvalue weighted by Crippen LogP contribution is 2.43. The van der Waals surface area contributed by atoms with Gasteiger partial charge in [0.1, 0.15) is 29.6 Å². The minimum Gasteiger partial charge on any atom is -0.496 e. The number of benzene rings is 2. The number of amides is 1. The molecular weight excluding hydrogens is 522 g/mol. The molecule has 2 unspecified atom stereocenters. The van der Waals surface area contributed by atoms with E-state index in [0.29, 0.717) is 53.8 Å². The first-order chi connectivity index (χ1) is 18.6. The molecule has 2 aliphatic rings. The summed E-state index contributed by atoms with van der Waals surface area (Å²) in [6, 6.07) is 12.7. The highest BCUT2D eigenvalue weighted by Gasteiger charge is 2.39. The summed E-state index contributed by atoms with van der Waals surface area (Å²) in [7, 11) is 1.57. The predicted molar refractivity (Wildman–Crippen MR) is 149 cm³/mol. The predicted octanol–water partition coefficient (Wildman–Crippen LogP) is 3.87. The molecular formula is C28H34ClN5O5. The first kappa shape index (κ1) is 28.5. The van der Waals surface area contributed by atoms with E-state index in [1.165, 1.54) is 0 Å². The van der Waals surface area contributed by atoms with E-state index in [1.54, 1.807) is 40.0 Å². The molecule has 0 aromatic heterocycles. The number of hydrogen-bond donors (Lipinski definition) is 3. The maximum absolute atomic E-state index is 13.5. The van der Waals surface area contributed by atoms with Crippen LogP contribution in [0.25, 0.3) is 0 Å². The molecule has 2 atom stereocenters. The van der Waals surface area contributed by atoms with Crippen molar-refractivity contribution in [2.75, 3.05) is 44.7 Å². The number of ether oxygens (including phenoxy) is 2. The largest absolute Gasteiger partial charge is 0.496 e. The zero-order valence-corrected chi connectivity index (χ0v) is 23.1. The number of carbonyl (C=O) groups is 2. The van der Waals surface area contributed by atoms with Crippen molar-refractivity contribution in [2.45, 2.75) is 32.5 Å². The topological polar surface area (TPSA) is 130 Å². The van der Waals surface area contributed by atoms with Crippen LogP contribution >= 0.6 is 11.6 Å². The second kappa shape index (κ2) is 12.1. The lowest BCUT2D eigenvalue weighted by atomic mass is 9.98. The fourth-order valence-electron chi connectivity index (χ4n) is 4.94. The Morgan fingerprint density at radius 2 is 1.82 bits per heavy atom. The fraction of sp³-hybridized carbons (Fsp3) is 0.429. The third kappa shape index (κ3) is 6.24. The summed E-state index contributed by atoms with van der Waals surface area (Å²) < 4.78 is 12.2. The summed E-state index contributed by atoms with van der Waals surface area (Å²) in [5.74, 6) is -0.509. The number of hydrogen-bond acceptors (Lipinski definition) is 7. The molecule has 2 aromatic rings. The van der Waals surface area contributed by atoms with E-state index in [4.69, 9.17) is 31.6 Å². The number of aliphatic carboxylic acids is 1. The summed E-state index contributed by atoms with van der Waals surface area (Å²) in [5, 5.41) is 27.6. The van der Waals surface area contributed by atoms with Crippen molar-refractivity contribution < 1.29 is 24.2 Å². The smallest absolute Gasteiger partial charge is 0.317 e. The molecule has 0 radical (unpaired) electrons. The van der Waals surface area contributed by atoms with Crippen LogP contribution in [-0.4, -0.2) is 84.4 Å². The zero-order valence-electron chi connectivity index (χ0n) is 22.3. The van der Waals surface area contributed by atoms with E-state index in [1.807, 2.05) is 38.1 Å². The van der Waals surface area contributed by atoms with E-state index < -0.39 is 18.2 Å². The van der Waals surface area contributed by atoms with Gasteiger partial charge in [-0.25, -0.2) is 0 Å². The van der Waals surface area contributed by atoms with Crippen LogP contribution in [0.1, 0.15) is 37.5 Å². The molecule has 208 valence electrons. The van der Waals surface area contributed by atoms with Crippen LogP contribution in [0, 0.1) is 16.7 Å². The molecule has 0 spiro atoms. The maximum atomic E-state index is 13.5. The number of anilines is 1. The molecule has 4 rings (SSSR count). The lowest BCUT2D eigenvalue weighted by Crippen LogP contribution is -2.51. The summed E-state index contributed by atoms with van der Waals surface area (Å²) in [5.41, 5.74) is 1.98. The molecule has 1 amide bonds. The van der Waals surface area contributed by atoms with Gasteiger partial charge in [-0.1, -0.05) is 43.6 Å². The molecule has 11 heteroatoms. The third-order valence-electron chi connectivity index (χ3n) is 7.01. The van der Waals surface area contributed by atoms with Crippen molar-refractivity contribution in [3.05, 3.63) is 58.6 Å². The monoisotopic (exact) mass is 555 g/mol. The number of nitrogens with one attached hydrogen (secondary N) is 2. The number of halogens is 1. The van der Waals surface area contributed by atoms with Gasteiger partial charge in [0.05, 0.1) is 25.8 Å². The van der Waals surface area contributed by atoms with E-state index in [9.17, 15) is 15.0 Å². The van der Waals surface area contributed by atoms with Crippen LogP contribution in [0.4, 0.5) is 5.69 Å². The molecule has 2 heterocycles. The van der Waals surface area contributed by atoms with E-state index in [2.05, 4.69) is 0 Å². The lowest BCUT2D eigenvalue weighted by Gasteiger charge is -2.35. The Morgan fingerprint density at radius 3 is 2.46 bits per heavy atom. The summed E-state index contributed by atoms with van der Waals surface area (Å²) in [4.78, 5) is 29.5. The number of para-hydroxylation sites is 1. The number of rotatable bonds is 7. The average Bonchev–Trinajstić information content (AvgIpc) is 3.02. The van der Waals surface area contributed by atoms with Crippen molar-refractivity contribution in [3.8, 4) is 5.75 Å². The van der Waals surface area contributed by atoms with Crippen molar-refractivity contribution in [3.63, 3.8) is 0 Å². The van der Waals surface area contributed by atoms with Gasteiger partial charge in [-0.2, -0.15) is 0 Å². The average molecular weight is 556 g/mol. The fourth-order valence-corrected chi connectivity index (χ4v) is 5.12. The minimum atomic E-state index is -0.963. The standard InChI is InChI=1S/C28H34ClN5O5/c1-17(2)27(30)34-21-9-8-18(29)14-20(21)26(19-6-4-5-7-22(19)38-3)39-23(28(34)31)15-24(35)33-12-10-32(11-13-33)16-25(36)37/h4-9,14,17,23,26,30-31H,10-13,15-16H2,1-3H3,(H,36,37). The number of carboxylic acids is 1. The summed E-state index contributed by atoms with van der Waals surface area (Å²) >= 11 is 6.43. The van der Waals surface area contributed by atoms with Gasteiger partial charge >= 0.3 is 5.97 Å². The van der Waals surface area contributed by atoms with Gasteiger partial charge < -0.3 is 19.5 Å². The van der Waals surface area contributed by atoms with E-state index in [0.717, 1.165) is 0 Å². The Labute approximate surface area is 233 Å². The Bertz CT molecular complexity index is 1260. The van der Waals surface area contributed by atoms with E-state index in [-0.39, 0.29) is 36.5 Å². The Kier molecular flexibility index (Phi) is 8.89. The second-order valence-corrected chi connectivity index (χ2v) is 10.4. The number of fused-ring (bicyclic) bond motifs is 1. The molecule has 10 nitrogen and oxygen atoms in total. The quantitative estimate of drug-likeness (QED) is 0.349. The highest BCUT2D eigenvalue weighted by molar-refractivity contribution is 6.31. The molecule has 1 saturated heterocycles. The van der Waals surface area contributed by atoms with Crippen LogP contribution in [0.2, 0.25) is 5.02 Å². The summed E-state index contributed by atoms with van der Waals surface area (Å²) in [6.07, 6.45) is -1.78. The first-order valence-electron chi connectivity index (χ1n) is 12.9. The number of carboxylic acid groups (broad SMARTS) is 1. The molecule has 0 aliphatic carbocycles. The lowest BCUT2D eigenvalue weighted by molar-refractivity contribution is -0.139. The van der Waals surface area contributed by atoms with Crippen molar-refractivity contribution >= 4 is 40.8 Å². The first-order valence-corrected chi connectivity index (χ1v) is 13.2. The Morgan fingerprint density at radius 1 is 1.13 bits per heavy atom. The van der Waals surface area contributed by atoms with Crippen LogP contribution in [0.5, 0.6) is 5.75 Å². The van der Waals surface area contributed by atoms with E-state index >= 15 is 0 Å². The Balaban J connectivity index is 1.71. The molecule has 2 aromatic carbocycles. The SMILES string of the molecule is COc1ccccc1C1OC(CC(=O)N2CCN(CC(=O)O)CC2)C(=N)N(C(=N)C(C)C)c2ccc(Cl)cc21. The molecule has 0 saturated carbocycles. The van der Waals surface area contributed by atoms with Crippen LogP contribution in [0.15, 0.2) is 42.5 Å². The van der Waals surface area contributed by atoms with Crippen molar-refractivity contribution in [1.82, 2.24) is 9.80 Å². The molecule has 39 heavy (non-hydrogen) atoms. The van der Waals surface area contributed by atoms with Gasteiger partial charge in [0, 0.05) is 48.2 Å². The van der Waals surface area contributed by atoms with Gasteiger partial charge in [0.2, 0.25) is 5.91 Å². The maximum Gasteiger partial charge on any atom is 0.317 e. The normalized spacial score (nSPS) is 20.0. The van der Waals surface area contributed by atoms with Crippen LogP contribution < -0.4 is 9.64 Å². The van der Waals surface area contributed by atoms with Crippen molar-refractivity contribution in [2.24, 2.45) is 5.92 Å². The number of piperazine rings is 1. The highest BCUT2D eigenvalue weighted by atomic mass is 35.5. The summed E-state index contributed by atoms with van der Waals surface area (Å²) in [6.45, 7) is 5.40. The molecule has 0 bridgehead atoms. The minimum absolute atomic E-state index is 0.00691. The van der Waals surface area contributed by atoms with Gasteiger partial charge in [-0.15, -0.1) is 0 Å². The zero-order chi connectivity index (χ0) is 28.3. The number of nitrogens with zero attached hydrogens (tertiary/aromatic N) is 3. The third-order valence-corrected chi connectivity index (χ3v) is 7.25. The van der Waals surface area contributed by atoms with Crippen LogP contribution in [-0.2, 0) is 14.3 Å². The van der Waals surface area contributed by atoms with Gasteiger partial charge in [-0.05, 0) is 24.3 Å². The Hall–Kier alpha value is -3.47. The van der Waals surface area contributed by atoms with Gasteiger partial charge in [0.25, 0.3) is 0 Å². The molecule has 2 aliphatic heterocycles. The number of methoxy groups -OCH3 is 1. The number of carbonyl (C=O) groups excluding carboxylic acids is 1. The molecule has 1 fully saturated rings. The van der Waals surface area contributed by atoms with Gasteiger partial charge in [0.15, 0.2) is 0 Å². The number of amidine groups is 2. The van der Waals surface area contributed by atoms with Crippen molar-refractivity contribution in [1.29, 1.82) is 10.8 Å². The molecule has 3 N–H and O–H groups in total. The van der Waals surface area contributed by atoms with Crippen LogP contribution in [0.3, 0.4) is 0 Å². The van der Waals surface area contributed by atoms with Gasteiger partial charge in [-0.3, -0.25) is 30.2 Å².